The van der Waals surface area contributed by atoms with Crippen molar-refractivity contribution >= 4 is 11.6 Å². The molecule has 0 saturated heterocycles. The van der Waals surface area contributed by atoms with Gasteiger partial charge in [0.2, 0.25) is 5.75 Å². The van der Waals surface area contributed by atoms with Gasteiger partial charge in [0.25, 0.3) is 11.5 Å². The van der Waals surface area contributed by atoms with Crippen LogP contribution in [0.25, 0.3) is 0 Å². The van der Waals surface area contributed by atoms with Crippen LogP contribution < -0.4 is 15.6 Å². The van der Waals surface area contributed by atoms with Gasteiger partial charge in [-0.25, -0.2) is 4.98 Å². The van der Waals surface area contributed by atoms with Crippen molar-refractivity contribution in [1.29, 1.82) is 0 Å². The standard InChI is InChI=1S/C10H10N4O4/c1-14-5-11-7(8(17-2)10(14)16)9(15)13-6-3-12-18-4-6/h3-5H,1-2H3,(H,13,15). The molecule has 1 N–H and O–H groups in total. The van der Waals surface area contributed by atoms with E-state index in [1.807, 2.05) is 0 Å². The summed E-state index contributed by atoms with van der Waals surface area (Å²) in [5.74, 6) is -0.693. The van der Waals surface area contributed by atoms with E-state index in [0.29, 0.717) is 5.69 Å². The van der Waals surface area contributed by atoms with Crippen molar-refractivity contribution in [3.05, 3.63) is 34.8 Å². The molecule has 0 radical (unpaired) electrons. The van der Waals surface area contributed by atoms with Gasteiger partial charge in [0.05, 0.1) is 19.6 Å². The number of carbonyl (C=O) groups excluding carboxylic acids is 1. The van der Waals surface area contributed by atoms with E-state index in [1.54, 1.807) is 0 Å². The van der Waals surface area contributed by atoms with Gasteiger partial charge >= 0.3 is 0 Å². The summed E-state index contributed by atoms with van der Waals surface area (Å²) in [4.78, 5) is 27.5. The predicted molar refractivity (Wildman–Crippen MR) is 60.5 cm³/mol. The molecule has 0 saturated carbocycles. The number of rotatable bonds is 3. The van der Waals surface area contributed by atoms with E-state index in [0.717, 1.165) is 0 Å². The summed E-state index contributed by atoms with van der Waals surface area (Å²) in [6, 6.07) is 0. The van der Waals surface area contributed by atoms with E-state index in [2.05, 4.69) is 20.0 Å². The number of aryl methyl sites for hydroxylation is 1. The van der Waals surface area contributed by atoms with Crippen molar-refractivity contribution in [2.45, 2.75) is 0 Å². The Hall–Kier alpha value is -2.64. The Kier molecular flexibility index (Phi) is 3.09. The average Bonchev–Trinajstić information content (AvgIpc) is 2.85. The Morgan fingerprint density at radius 3 is 2.94 bits per heavy atom. The zero-order valence-electron chi connectivity index (χ0n) is 9.71. The Morgan fingerprint density at radius 1 is 1.56 bits per heavy atom. The van der Waals surface area contributed by atoms with E-state index >= 15 is 0 Å². The van der Waals surface area contributed by atoms with Gasteiger partial charge in [-0.3, -0.25) is 14.2 Å². The second-order valence-electron chi connectivity index (χ2n) is 3.41. The Morgan fingerprint density at radius 2 is 2.33 bits per heavy atom. The molecule has 0 aliphatic carbocycles. The minimum Gasteiger partial charge on any atom is -0.489 e. The lowest BCUT2D eigenvalue weighted by atomic mass is 10.3. The molecule has 0 aliphatic rings. The summed E-state index contributed by atoms with van der Waals surface area (Å²) in [6.45, 7) is 0. The third kappa shape index (κ3) is 2.08. The number of hydrogen-bond acceptors (Lipinski definition) is 6. The molecule has 0 aliphatic heterocycles. The number of nitrogens with one attached hydrogen (secondary N) is 1. The average molecular weight is 250 g/mol. The van der Waals surface area contributed by atoms with Crippen molar-refractivity contribution in [3.8, 4) is 5.75 Å². The van der Waals surface area contributed by atoms with Crippen LogP contribution in [-0.2, 0) is 7.05 Å². The first-order valence-corrected chi connectivity index (χ1v) is 4.94. The molecule has 1 amide bonds. The predicted octanol–water partition coefficient (Wildman–Crippen LogP) is 0.0292. The molecular weight excluding hydrogens is 240 g/mol. The summed E-state index contributed by atoms with van der Waals surface area (Å²) < 4.78 is 10.7. The second kappa shape index (κ2) is 4.70. The molecule has 2 rings (SSSR count). The highest BCUT2D eigenvalue weighted by Crippen LogP contribution is 2.12. The first-order chi connectivity index (χ1) is 8.63. The van der Waals surface area contributed by atoms with Crippen LogP contribution >= 0.6 is 0 Å². The number of hydrogen-bond donors (Lipinski definition) is 1. The number of carbonyl (C=O) groups is 1. The second-order valence-corrected chi connectivity index (χ2v) is 3.41. The molecule has 94 valence electrons. The number of amides is 1. The van der Waals surface area contributed by atoms with Gasteiger partial charge in [0.15, 0.2) is 5.69 Å². The van der Waals surface area contributed by atoms with Gasteiger partial charge in [-0.2, -0.15) is 0 Å². The van der Waals surface area contributed by atoms with Crippen LogP contribution in [0.2, 0.25) is 0 Å². The van der Waals surface area contributed by atoms with Gasteiger partial charge in [-0.1, -0.05) is 5.16 Å². The maximum atomic E-state index is 11.9. The van der Waals surface area contributed by atoms with Crippen LogP contribution in [0.15, 0.2) is 28.1 Å². The molecule has 2 aromatic rings. The molecule has 2 heterocycles. The van der Waals surface area contributed by atoms with Crippen molar-refractivity contribution in [2.24, 2.45) is 7.05 Å². The SMILES string of the molecule is COc1c(C(=O)Nc2cnoc2)ncn(C)c1=O. The fourth-order valence-corrected chi connectivity index (χ4v) is 1.32. The normalized spacial score (nSPS) is 10.1. The van der Waals surface area contributed by atoms with Crippen LogP contribution in [0.1, 0.15) is 10.5 Å². The molecule has 0 spiro atoms. The molecule has 2 aromatic heterocycles. The number of aromatic nitrogens is 3. The maximum absolute atomic E-state index is 11.9. The highest BCUT2D eigenvalue weighted by Gasteiger charge is 2.18. The highest BCUT2D eigenvalue weighted by molar-refractivity contribution is 6.04. The van der Waals surface area contributed by atoms with E-state index in [4.69, 9.17) is 4.74 Å². The lowest BCUT2D eigenvalue weighted by molar-refractivity contribution is 0.101. The third-order valence-corrected chi connectivity index (χ3v) is 2.20. The minimum atomic E-state index is -0.576. The molecule has 0 unspecified atom stereocenters. The molecule has 18 heavy (non-hydrogen) atoms. The monoisotopic (exact) mass is 250 g/mol. The fraction of sp³-hybridized carbons (Fsp3) is 0.200. The molecule has 0 aromatic carbocycles. The highest BCUT2D eigenvalue weighted by atomic mass is 16.5. The molecule has 0 fully saturated rings. The molecule has 8 nitrogen and oxygen atoms in total. The molecule has 0 atom stereocenters. The fourth-order valence-electron chi connectivity index (χ4n) is 1.32. The minimum absolute atomic E-state index is 0.0956. The third-order valence-electron chi connectivity index (χ3n) is 2.20. The van der Waals surface area contributed by atoms with E-state index in [-0.39, 0.29) is 11.4 Å². The van der Waals surface area contributed by atoms with Gasteiger partial charge in [0, 0.05) is 7.05 Å². The van der Waals surface area contributed by atoms with E-state index in [1.165, 1.54) is 37.5 Å². The topological polar surface area (TPSA) is 99.2 Å². The number of methoxy groups -OCH3 is 1. The summed E-state index contributed by atoms with van der Waals surface area (Å²) >= 11 is 0. The van der Waals surface area contributed by atoms with Gasteiger partial charge in [-0.05, 0) is 0 Å². The first kappa shape index (κ1) is 11.8. The summed E-state index contributed by atoms with van der Waals surface area (Å²) in [5, 5.41) is 5.91. The largest absolute Gasteiger partial charge is 0.489 e. The first-order valence-electron chi connectivity index (χ1n) is 4.94. The zero-order chi connectivity index (χ0) is 13.1. The van der Waals surface area contributed by atoms with Gasteiger partial charge in [-0.15, -0.1) is 0 Å². The summed E-state index contributed by atoms with van der Waals surface area (Å²) in [6.07, 6.45) is 3.82. The summed E-state index contributed by atoms with van der Waals surface area (Å²) in [7, 11) is 2.81. The lowest BCUT2D eigenvalue weighted by Crippen LogP contribution is -2.25. The Balaban J connectivity index is 2.36. The number of nitrogens with zero attached hydrogens (tertiary/aromatic N) is 3. The van der Waals surface area contributed by atoms with Crippen molar-refractivity contribution in [2.75, 3.05) is 12.4 Å². The molecule has 0 bridgehead atoms. The van der Waals surface area contributed by atoms with Gasteiger partial charge in [0.1, 0.15) is 12.0 Å². The molecular formula is C10H10N4O4. The Labute approximate surface area is 101 Å². The van der Waals surface area contributed by atoms with E-state index in [9.17, 15) is 9.59 Å². The zero-order valence-corrected chi connectivity index (χ0v) is 9.71. The van der Waals surface area contributed by atoms with Crippen LogP contribution in [0.5, 0.6) is 5.75 Å². The number of ether oxygens (including phenoxy) is 1. The van der Waals surface area contributed by atoms with E-state index < -0.39 is 11.5 Å². The smallest absolute Gasteiger partial charge is 0.296 e. The van der Waals surface area contributed by atoms with Crippen LogP contribution in [0.4, 0.5) is 5.69 Å². The van der Waals surface area contributed by atoms with Crippen LogP contribution in [0, 0.1) is 0 Å². The quantitative estimate of drug-likeness (QED) is 0.824. The van der Waals surface area contributed by atoms with Crippen molar-refractivity contribution in [1.82, 2.24) is 14.7 Å². The summed E-state index contributed by atoms with van der Waals surface area (Å²) in [5.41, 5.74) is -0.172. The lowest BCUT2D eigenvalue weighted by Gasteiger charge is -2.07. The molecule has 8 heteroatoms. The van der Waals surface area contributed by atoms with Crippen molar-refractivity contribution < 1.29 is 14.1 Å². The van der Waals surface area contributed by atoms with Crippen LogP contribution in [0.3, 0.4) is 0 Å². The van der Waals surface area contributed by atoms with Crippen LogP contribution in [-0.4, -0.2) is 27.7 Å². The number of anilines is 1. The maximum Gasteiger partial charge on any atom is 0.296 e. The van der Waals surface area contributed by atoms with Crippen molar-refractivity contribution in [3.63, 3.8) is 0 Å². The Bertz CT molecular complexity index is 617. The van der Waals surface area contributed by atoms with Gasteiger partial charge < -0.3 is 14.6 Å².